The van der Waals surface area contributed by atoms with Crippen LogP contribution in [0.3, 0.4) is 0 Å². The number of rotatable bonds is 7. The van der Waals surface area contributed by atoms with Crippen molar-refractivity contribution in [2.75, 3.05) is 7.11 Å². The number of ether oxygens (including phenoxy) is 1. The Kier molecular flexibility index (Phi) is 5.79. The van der Waals surface area contributed by atoms with Gasteiger partial charge in [0.2, 0.25) is 5.91 Å². The summed E-state index contributed by atoms with van der Waals surface area (Å²) in [6.07, 6.45) is 1.96. The SMILES string of the molecule is COc1ccc(CCC(C)NC(=O)Cc2c(C)[nH]c3ccc(F)cc23)cc1. The number of aromatic nitrogens is 1. The second-order valence-corrected chi connectivity index (χ2v) is 6.95. The first-order valence-corrected chi connectivity index (χ1v) is 9.15. The molecule has 1 aromatic heterocycles. The molecule has 0 aliphatic carbocycles. The Balaban J connectivity index is 1.57. The van der Waals surface area contributed by atoms with Crippen molar-refractivity contribution in [3.05, 3.63) is 65.1 Å². The number of fused-ring (bicyclic) bond motifs is 1. The lowest BCUT2D eigenvalue weighted by molar-refractivity contribution is -0.121. The van der Waals surface area contributed by atoms with E-state index in [4.69, 9.17) is 4.74 Å². The predicted octanol–water partition coefficient (Wildman–Crippen LogP) is 4.30. The van der Waals surface area contributed by atoms with Crippen molar-refractivity contribution in [3.63, 3.8) is 0 Å². The molecule has 3 rings (SSSR count). The molecule has 1 heterocycles. The summed E-state index contributed by atoms with van der Waals surface area (Å²) in [5.41, 5.74) is 3.81. The highest BCUT2D eigenvalue weighted by Gasteiger charge is 2.15. The van der Waals surface area contributed by atoms with Gasteiger partial charge in [-0.05, 0) is 68.1 Å². The van der Waals surface area contributed by atoms with Crippen LogP contribution < -0.4 is 10.1 Å². The molecule has 2 aromatic carbocycles. The van der Waals surface area contributed by atoms with Crippen LogP contribution >= 0.6 is 0 Å². The minimum Gasteiger partial charge on any atom is -0.497 e. The van der Waals surface area contributed by atoms with Gasteiger partial charge in [0.05, 0.1) is 13.5 Å². The summed E-state index contributed by atoms with van der Waals surface area (Å²) in [7, 11) is 1.65. The van der Waals surface area contributed by atoms with E-state index in [1.807, 2.05) is 38.1 Å². The van der Waals surface area contributed by atoms with Crippen LogP contribution in [-0.2, 0) is 17.6 Å². The van der Waals surface area contributed by atoms with Crippen LogP contribution in [0.5, 0.6) is 5.75 Å². The molecule has 0 radical (unpaired) electrons. The van der Waals surface area contributed by atoms with Gasteiger partial charge in [-0.1, -0.05) is 12.1 Å². The van der Waals surface area contributed by atoms with Gasteiger partial charge >= 0.3 is 0 Å². The number of methoxy groups -OCH3 is 1. The van der Waals surface area contributed by atoms with Crippen LogP contribution in [0.25, 0.3) is 10.9 Å². The number of nitrogens with one attached hydrogen (secondary N) is 2. The minimum atomic E-state index is -0.295. The standard InChI is InChI=1S/C22H25FN2O2/c1-14(4-5-16-6-9-18(27-3)10-7-16)24-22(26)13-19-15(2)25-21-11-8-17(23)12-20(19)21/h6-12,14,25H,4-5,13H2,1-3H3,(H,24,26). The summed E-state index contributed by atoms with van der Waals surface area (Å²) in [5, 5.41) is 3.82. The maximum Gasteiger partial charge on any atom is 0.224 e. The molecule has 0 aliphatic rings. The number of aromatic amines is 1. The van der Waals surface area contributed by atoms with Gasteiger partial charge in [-0.2, -0.15) is 0 Å². The van der Waals surface area contributed by atoms with Crippen LogP contribution in [0.1, 0.15) is 30.2 Å². The summed E-state index contributed by atoms with van der Waals surface area (Å²) in [6, 6.07) is 12.6. The Morgan fingerprint density at radius 1 is 1.22 bits per heavy atom. The quantitative estimate of drug-likeness (QED) is 0.653. The predicted molar refractivity (Wildman–Crippen MR) is 106 cm³/mol. The molecule has 27 heavy (non-hydrogen) atoms. The van der Waals surface area contributed by atoms with E-state index in [1.165, 1.54) is 17.7 Å². The lowest BCUT2D eigenvalue weighted by Crippen LogP contribution is -2.34. The molecule has 4 nitrogen and oxygen atoms in total. The maximum atomic E-state index is 13.6. The summed E-state index contributed by atoms with van der Waals surface area (Å²) in [6.45, 7) is 3.91. The molecule has 1 amide bonds. The fourth-order valence-electron chi connectivity index (χ4n) is 3.32. The molecule has 1 unspecified atom stereocenters. The van der Waals surface area contributed by atoms with Crippen LogP contribution in [0, 0.1) is 12.7 Å². The molecule has 0 bridgehead atoms. The molecule has 5 heteroatoms. The number of amides is 1. The van der Waals surface area contributed by atoms with E-state index in [9.17, 15) is 9.18 Å². The molecule has 2 N–H and O–H groups in total. The van der Waals surface area contributed by atoms with Crippen LogP contribution in [0.2, 0.25) is 0 Å². The molecule has 1 atom stereocenters. The number of hydrogen-bond donors (Lipinski definition) is 2. The van der Waals surface area contributed by atoms with E-state index in [2.05, 4.69) is 10.3 Å². The van der Waals surface area contributed by atoms with Crippen molar-refractivity contribution in [3.8, 4) is 5.75 Å². The Labute approximate surface area is 158 Å². The van der Waals surface area contributed by atoms with E-state index in [1.54, 1.807) is 13.2 Å². The number of carbonyl (C=O) groups excluding carboxylic acids is 1. The number of halogens is 1. The highest BCUT2D eigenvalue weighted by molar-refractivity contribution is 5.90. The van der Waals surface area contributed by atoms with Gasteiger partial charge in [-0.15, -0.1) is 0 Å². The fourth-order valence-corrected chi connectivity index (χ4v) is 3.32. The number of benzene rings is 2. The van der Waals surface area contributed by atoms with Gasteiger partial charge < -0.3 is 15.0 Å². The van der Waals surface area contributed by atoms with Gasteiger partial charge in [0.25, 0.3) is 0 Å². The first kappa shape index (κ1) is 19.0. The normalized spacial score (nSPS) is 12.1. The lowest BCUT2D eigenvalue weighted by atomic mass is 10.0. The van der Waals surface area contributed by atoms with Crippen molar-refractivity contribution in [1.29, 1.82) is 0 Å². The van der Waals surface area contributed by atoms with Crippen molar-refractivity contribution in [2.45, 2.75) is 39.2 Å². The van der Waals surface area contributed by atoms with E-state index < -0.39 is 0 Å². The van der Waals surface area contributed by atoms with Gasteiger partial charge in [0.1, 0.15) is 11.6 Å². The van der Waals surface area contributed by atoms with Crippen molar-refractivity contribution < 1.29 is 13.9 Å². The van der Waals surface area contributed by atoms with E-state index in [0.717, 1.165) is 40.8 Å². The first-order chi connectivity index (χ1) is 13.0. The summed E-state index contributed by atoms with van der Waals surface area (Å²) < 4.78 is 18.7. The fraction of sp³-hybridized carbons (Fsp3) is 0.318. The second kappa shape index (κ2) is 8.25. The molecular weight excluding hydrogens is 343 g/mol. The number of carbonyl (C=O) groups is 1. The first-order valence-electron chi connectivity index (χ1n) is 9.15. The van der Waals surface area contributed by atoms with Gasteiger partial charge in [0, 0.05) is 22.6 Å². The molecule has 142 valence electrons. The molecule has 0 spiro atoms. The molecule has 0 saturated heterocycles. The zero-order chi connectivity index (χ0) is 19.4. The number of hydrogen-bond acceptors (Lipinski definition) is 2. The van der Waals surface area contributed by atoms with Crippen LogP contribution in [0.15, 0.2) is 42.5 Å². The van der Waals surface area contributed by atoms with Gasteiger partial charge in [-0.3, -0.25) is 4.79 Å². The monoisotopic (exact) mass is 368 g/mol. The average Bonchev–Trinajstić information content (AvgIpc) is 2.95. The van der Waals surface area contributed by atoms with Crippen molar-refractivity contribution in [1.82, 2.24) is 10.3 Å². The zero-order valence-corrected chi connectivity index (χ0v) is 15.9. The Morgan fingerprint density at radius 2 is 1.96 bits per heavy atom. The van der Waals surface area contributed by atoms with E-state index >= 15 is 0 Å². The van der Waals surface area contributed by atoms with Gasteiger partial charge in [-0.25, -0.2) is 4.39 Å². The maximum absolute atomic E-state index is 13.6. The third-order valence-corrected chi connectivity index (χ3v) is 4.85. The molecular formula is C22H25FN2O2. The van der Waals surface area contributed by atoms with Crippen molar-refractivity contribution >= 4 is 16.8 Å². The Hall–Kier alpha value is -2.82. The average molecular weight is 368 g/mol. The zero-order valence-electron chi connectivity index (χ0n) is 15.9. The van der Waals surface area contributed by atoms with Crippen LogP contribution in [-0.4, -0.2) is 24.0 Å². The molecule has 0 fully saturated rings. The Bertz CT molecular complexity index is 931. The highest BCUT2D eigenvalue weighted by Crippen LogP contribution is 2.23. The smallest absolute Gasteiger partial charge is 0.224 e. The summed E-state index contributed by atoms with van der Waals surface area (Å²) in [5.74, 6) is 0.493. The molecule has 0 saturated carbocycles. The third kappa shape index (κ3) is 4.67. The summed E-state index contributed by atoms with van der Waals surface area (Å²) in [4.78, 5) is 15.7. The lowest BCUT2D eigenvalue weighted by Gasteiger charge is -2.14. The highest BCUT2D eigenvalue weighted by atomic mass is 19.1. The van der Waals surface area contributed by atoms with Crippen molar-refractivity contribution in [2.24, 2.45) is 0 Å². The largest absolute Gasteiger partial charge is 0.497 e. The minimum absolute atomic E-state index is 0.0505. The second-order valence-electron chi connectivity index (χ2n) is 6.95. The Morgan fingerprint density at radius 3 is 2.67 bits per heavy atom. The van der Waals surface area contributed by atoms with Gasteiger partial charge in [0.15, 0.2) is 0 Å². The van der Waals surface area contributed by atoms with E-state index in [-0.39, 0.29) is 24.2 Å². The third-order valence-electron chi connectivity index (χ3n) is 4.85. The van der Waals surface area contributed by atoms with Crippen LogP contribution in [0.4, 0.5) is 4.39 Å². The van der Waals surface area contributed by atoms with E-state index in [0.29, 0.717) is 0 Å². The number of H-pyrrole nitrogens is 1. The molecule has 3 aromatic rings. The molecule has 0 aliphatic heterocycles. The topological polar surface area (TPSA) is 54.1 Å². The number of aryl methyl sites for hydroxylation is 2. The summed E-state index contributed by atoms with van der Waals surface area (Å²) >= 11 is 0.